The van der Waals surface area contributed by atoms with Crippen LogP contribution in [0.4, 0.5) is 0 Å². The zero-order chi connectivity index (χ0) is 32.8. The van der Waals surface area contributed by atoms with Gasteiger partial charge in [0.25, 0.3) is 0 Å². The van der Waals surface area contributed by atoms with Gasteiger partial charge in [0.15, 0.2) is 11.6 Å². The molecule has 238 valence electrons. The lowest BCUT2D eigenvalue weighted by Gasteiger charge is -2.63. The molecular weight excluding hydrogens is 544 g/mol. The maximum Gasteiger partial charge on any atom is 0.224 e. The van der Waals surface area contributed by atoms with E-state index in [-0.39, 0.29) is 45.2 Å². The lowest BCUT2D eigenvalue weighted by molar-refractivity contribution is -0.133. The molecule has 0 unspecified atom stereocenters. The van der Waals surface area contributed by atoms with E-state index >= 15 is 0 Å². The van der Waals surface area contributed by atoms with Crippen LogP contribution in [0.15, 0.2) is 53.6 Å². The minimum absolute atomic E-state index is 0.0212. The quantitative estimate of drug-likeness (QED) is 0.293. The van der Waals surface area contributed by atoms with E-state index in [0.717, 1.165) is 56.1 Å². The number of allylic oxidation sites excluding steroid dienone is 4. The molecule has 1 saturated carbocycles. The molecule has 5 heteroatoms. The van der Waals surface area contributed by atoms with Gasteiger partial charge in [0.1, 0.15) is 6.07 Å². The summed E-state index contributed by atoms with van der Waals surface area (Å²) in [4.78, 5) is 40.2. The van der Waals surface area contributed by atoms with Crippen molar-refractivity contribution in [3.8, 4) is 6.07 Å². The normalized spacial score (nSPS) is 31.0. The van der Waals surface area contributed by atoms with Gasteiger partial charge in [-0.1, -0.05) is 104 Å². The number of nitriles is 1. The fourth-order valence-electron chi connectivity index (χ4n) is 8.74. The minimum atomic E-state index is -0.679. The molecule has 1 aromatic carbocycles. The van der Waals surface area contributed by atoms with Crippen molar-refractivity contribution in [2.45, 2.75) is 126 Å². The second kappa shape index (κ2) is 11.7. The summed E-state index contributed by atoms with van der Waals surface area (Å²) in [6, 6.07) is 12.0. The minimum Gasteiger partial charge on any atom is -0.351 e. The van der Waals surface area contributed by atoms with E-state index in [9.17, 15) is 19.6 Å². The van der Waals surface area contributed by atoms with E-state index in [1.807, 2.05) is 56.3 Å². The summed E-state index contributed by atoms with van der Waals surface area (Å²) in [6.07, 6.45) is 10.8. The van der Waals surface area contributed by atoms with E-state index in [4.69, 9.17) is 0 Å². The molecular formula is C39H54N2O3. The number of benzene rings is 1. The third-order valence-electron chi connectivity index (χ3n) is 12.5. The molecule has 1 fully saturated rings. The zero-order valence-electron chi connectivity index (χ0n) is 28.7. The van der Waals surface area contributed by atoms with Crippen LogP contribution in [0.1, 0.15) is 119 Å². The maximum absolute atomic E-state index is 13.6. The summed E-state index contributed by atoms with van der Waals surface area (Å²) in [5.41, 5.74) is 0.194. The molecule has 1 aromatic rings. The average Bonchev–Trinajstić information content (AvgIpc) is 2.95. The van der Waals surface area contributed by atoms with Gasteiger partial charge in [-0.15, -0.1) is 0 Å². The summed E-state index contributed by atoms with van der Waals surface area (Å²) in [5.74, 6) is 0.0767. The molecule has 44 heavy (non-hydrogen) atoms. The molecule has 4 rings (SSSR count). The first-order valence-corrected chi connectivity index (χ1v) is 16.6. The highest BCUT2D eigenvalue weighted by atomic mass is 16.2. The molecule has 1 N–H and O–H groups in total. The fraction of sp³-hybridized carbons (Fsp3) is 0.641. The molecule has 5 nitrogen and oxygen atoms in total. The van der Waals surface area contributed by atoms with E-state index < -0.39 is 16.4 Å². The number of hydrogen-bond acceptors (Lipinski definition) is 4. The van der Waals surface area contributed by atoms with Crippen molar-refractivity contribution in [3.05, 3.63) is 59.2 Å². The predicted octanol–water partition coefficient (Wildman–Crippen LogP) is 8.49. The second-order valence-corrected chi connectivity index (χ2v) is 16.5. The van der Waals surface area contributed by atoms with Gasteiger partial charge >= 0.3 is 0 Å². The lowest BCUT2D eigenvalue weighted by atomic mass is 9.40. The predicted molar refractivity (Wildman–Crippen MR) is 176 cm³/mol. The molecule has 0 aromatic heterocycles. The number of fused-ring (bicyclic) bond motifs is 3. The first kappa shape index (κ1) is 33.9. The van der Waals surface area contributed by atoms with Crippen LogP contribution in [0.3, 0.4) is 0 Å². The van der Waals surface area contributed by atoms with E-state index in [0.29, 0.717) is 12.8 Å². The molecule has 0 saturated heterocycles. The molecule has 0 aliphatic heterocycles. The zero-order valence-corrected chi connectivity index (χ0v) is 28.7. The SMILES string of the molecule is CCC(C)(C)CC[C@@](C)(CC[C@]1(C)CC(=O)C=C2[C@@]3(C)C=C(C#N)C(=O)C(C)(C)[C@@H]3CC[C@]21C)NC(=O)Cc1ccccc1. The van der Waals surface area contributed by atoms with Gasteiger partial charge in [-0.05, 0) is 79.3 Å². The Kier molecular flexibility index (Phi) is 9.04. The number of ketones is 2. The van der Waals surface area contributed by atoms with Crippen LogP contribution in [0.5, 0.6) is 0 Å². The Morgan fingerprint density at radius 2 is 1.68 bits per heavy atom. The third-order valence-corrected chi connectivity index (χ3v) is 12.5. The second-order valence-electron chi connectivity index (χ2n) is 16.5. The van der Waals surface area contributed by atoms with Gasteiger partial charge < -0.3 is 5.32 Å². The number of rotatable bonds is 10. The number of amides is 1. The summed E-state index contributed by atoms with van der Waals surface area (Å²) in [5, 5.41) is 13.4. The maximum atomic E-state index is 13.6. The highest BCUT2D eigenvalue weighted by Gasteiger charge is 2.63. The highest BCUT2D eigenvalue weighted by Crippen LogP contribution is 2.69. The summed E-state index contributed by atoms with van der Waals surface area (Å²) in [6.45, 7) is 19.6. The Balaban J connectivity index is 1.66. The van der Waals surface area contributed by atoms with E-state index in [1.54, 1.807) is 0 Å². The molecule has 3 aliphatic rings. The Hall–Kier alpha value is -3.00. The lowest BCUT2D eigenvalue weighted by Crippen LogP contribution is -2.58. The Morgan fingerprint density at radius 3 is 2.30 bits per heavy atom. The summed E-state index contributed by atoms with van der Waals surface area (Å²) < 4.78 is 0. The molecule has 0 spiro atoms. The average molecular weight is 599 g/mol. The van der Waals surface area contributed by atoms with Crippen LogP contribution in [0, 0.1) is 44.3 Å². The Labute approximate surface area is 266 Å². The molecule has 1 amide bonds. The molecule has 5 atom stereocenters. The van der Waals surface area contributed by atoms with Gasteiger partial charge in [0.05, 0.1) is 12.0 Å². The van der Waals surface area contributed by atoms with Crippen molar-refractivity contribution >= 4 is 17.5 Å². The van der Waals surface area contributed by atoms with Crippen molar-refractivity contribution in [3.63, 3.8) is 0 Å². The number of nitrogens with one attached hydrogen (secondary N) is 1. The van der Waals surface area contributed by atoms with E-state index in [2.05, 4.69) is 59.9 Å². The van der Waals surface area contributed by atoms with Crippen molar-refractivity contribution in [1.82, 2.24) is 5.32 Å². The van der Waals surface area contributed by atoms with Gasteiger partial charge in [0, 0.05) is 22.8 Å². The fourth-order valence-corrected chi connectivity index (χ4v) is 8.74. The van der Waals surface area contributed by atoms with Crippen LogP contribution >= 0.6 is 0 Å². The largest absolute Gasteiger partial charge is 0.351 e. The van der Waals surface area contributed by atoms with Crippen molar-refractivity contribution < 1.29 is 14.4 Å². The first-order chi connectivity index (χ1) is 20.3. The standard InChI is InChI=1S/C39H54N2O3/c1-10-34(2,3)18-20-37(7,41-32(43)22-27-14-12-11-13-15-27)21-19-36(6)25-29(42)23-31-38(8)24-28(26-40)33(44)35(4,5)30(38)16-17-39(31,36)9/h11-15,23-24,30H,10,16-22,25H2,1-9H3,(H,41,43)/t30-,36+,37-,38-,39+/m0/s1. The van der Waals surface area contributed by atoms with Crippen LogP contribution in [-0.2, 0) is 20.8 Å². The molecule has 0 bridgehead atoms. The van der Waals surface area contributed by atoms with Crippen LogP contribution in [0.25, 0.3) is 0 Å². The van der Waals surface area contributed by atoms with Gasteiger partial charge in [-0.25, -0.2) is 0 Å². The number of hydrogen-bond donors (Lipinski definition) is 1. The van der Waals surface area contributed by atoms with Gasteiger partial charge in [0.2, 0.25) is 5.91 Å². The summed E-state index contributed by atoms with van der Waals surface area (Å²) >= 11 is 0. The third kappa shape index (κ3) is 6.11. The number of carbonyl (C=O) groups is 3. The van der Waals surface area contributed by atoms with Crippen molar-refractivity contribution in [2.75, 3.05) is 0 Å². The molecule has 3 aliphatic carbocycles. The summed E-state index contributed by atoms with van der Waals surface area (Å²) in [7, 11) is 0. The van der Waals surface area contributed by atoms with Crippen molar-refractivity contribution in [2.24, 2.45) is 33.0 Å². The first-order valence-electron chi connectivity index (χ1n) is 16.6. The topological polar surface area (TPSA) is 87.0 Å². The smallest absolute Gasteiger partial charge is 0.224 e. The van der Waals surface area contributed by atoms with E-state index in [1.165, 1.54) is 0 Å². The van der Waals surface area contributed by atoms with Gasteiger partial charge in [-0.2, -0.15) is 5.26 Å². The number of nitrogens with zero attached hydrogens (tertiary/aromatic N) is 1. The Bertz CT molecular complexity index is 1410. The van der Waals surface area contributed by atoms with Gasteiger partial charge in [-0.3, -0.25) is 14.4 Å². The van der Waals surface area contributed by atoms with Crippen LogP contribution < -0.4 is 5.32 Å². The highest BCUT2D eigenvalue weighted by molar-refractivity contribution is 6.04. The Morgan fingerprint density at radius 1 is 1.02 bits per heavy atom. The number of Topliss-reactive ketones (excluding diaryl/α,β-unsaturated/α-hetero) is 1. The van der Waals surface area contributed by atoms with Crippen LogP contribution in [-0.4, -0.2) is 23.0 Å². The molecule has 0 heterocycles. The number of carbonyl (C=O) groups excluding carboxylic acids is 3. The van der Waals surface area contributed by atoms with Crippen molar-refractivity contribution in [1.29, 1.82) is 5.26 Å². The van der Waals surface area contributed by atoms with Crippen LogP contribution in [0.2, 0.25) is 0 Å². The monoisotopic (exact) mass is 598 g/mol. The molecule has 0 radical (unpaired) electrons.